The molecular formula is C20H22N4O3. The van der Waals surface area contributed by atoms with E-state index < -0.39 is 0 Å². The molecule has 0 spiro atoms. The number of nitrogens with zero attached hydrogens (tertiary/aromatic N) is 2. The van der Waals surface area contributed by atoms with Crippen molar-refractivity contribution in [2.24, 2.45) is 0 Å². The van der Waals surface area contributed by atoms with E-state index in [1.807, 2.05) is 12.1 Å². The average molecular weight is 366 g/mol. The molecule has 1 aliphatic rings. The number of aromatic amines is 1. The number of ether oxygens (including phenoxy) is 2. The van der Waals surface area contributed by atoms with Crippen molar-refractivity contribution < 1.29 is 9.47 Å². The first-order valence-corrected chi connectivity index (χ1v) is 8.92. The van der Waals surface area contributed by atoms with Crippen LogP contribution in [0.3, 0.4) is 0 Å². The first-order valence-electron chi connectivity index (χ1n) is 8.92. The van der Waals surface area contributed by atoms with E-state index in [1.54, 1.807) is 32.4 Å². The summed E-state index contributed by atoms with van der Waals surface area (Å²) in [6.07, 6.45) is 0. The number of aromatic nitrogens is 2. The second-order valence-corrected chi connectivity index (χ2v) is 6.42. The number of hydrogen-bond donors (Lipinski definition) is 2. The number of rotatable bonds is 4. The van der Waals surface area contributed by atoms with Gasteiger partial charge in [-0.2, -0.15) is 0 Å². The molecule has 1 saturated heterocycles. The molecule has 0 aliphatic carbocycles. The molecule has 0 bridgehead atoms. The van der Waals surface area contributed by atoms with Crippen LogP contribution in [0.5, 0.6) is 11.5 Å². The molecule has 2 heterocycles. The van der Waals surface area contributed by atoms with Crippen LogP contribution in [0, 0.1) is 0 Å². The lowest BCUT2D eigenvalue weighted by Gasteiger charge is -2.29. The fourth-order valence-corrected chi connectivity index (χ4v) is 3.37. The van der Waals surface area contributed by atoms with Gasteiger partial charge in [-0.05, 0) is 36.4 Å². The summed E-state index contributed by atoms with van der Waals surface area (Å²) in [5.41, 5.74) is 3.39. The summed E-state index contributed by atoms with van der Waals surface area (Å²) in [6, 6.07) is 11.3. The predicted molar refractivity (Wildman–Crippen MR) is 106 cm³/mol. The highest BCUT2D eigenvalue weighted by Gasteiger charge is 2.14. The van der Waals surface area contributed by atoms with Gasteiger partial charge in [0.1, 0.15) is 5.69 Å². The number of H-pyrrole nitrogens is 1. The molecule has 2 aromatic carbocycles. The number of nitrogens with one attached hydrogen (secondary N) is 2. The summed E-state index contributed by atoms with van der Waals surface area (Å²) in [6.45, 7) is 3.83. The van der Waals surface area contributed by atoms with Crippen LogP contribution >= 0.6 is 0 Å². The molecule has 4 rings (SSSR count). The maximum atomic E-state index is 12.7. The Morgan fingerprint density at radius 3 is 2.52 bits per heavy atom. The molecule has 7 heteroatoms. The zero-order valence-corrected chi connectivity index (χ0v) is 15.4. The smallest absolute Gasteiger partial charge is 0.274 e. The van der Waals surface area contributed by atoms with Crippen molar-refractivity contribution in [3.05, 3.63) is 46.8 Å². The fraction of sp³-hybridized carbons (Fsp3) is 0.300. The van der Waals surface area contributed by atoms with Gasteiger partial charge in [0, 0.05) is 37.4 Å². The van der Waals surface area contributed by atoms with Crippen LogP contribution in [0.15, 0.2) is 41.2 Å². The maximum Gasteiger partial charge on any atom is 0.274 e. The topological polar surface area (TPSA) is 79.5 Å². The van der Waals surface area contributed by atoms with Crippen LogP contribution < -0.4 is 25.2 Å². The minimum Gasteiger partial charge on any atom is -0.493 e. The molecule has 1 aromatic heterocycles. The van der Waals surface area contributed by atoms with Gasteiger partial charge < -0.3 is 24.7 Å². The molecule has 1 aliphatic heterocycles. The zero-order valence-electron chi connectivity index (χ0n) is 15.4. The van der Waals surface area contributed by atoms with Gasteiger partial charge in [-0.1, -0.05) is 0 Å². The molecular weight excluding hydrogens is 344 g/mol. The van der Waals surface area contributed by atoms with Crippen LogP contribution in [0.2, 0.25) is 0 Å². The molecule has 7 nitrogen and oxygen atoms in total. The molecule has 3 aromatic rings. The van der Waals surface area contributed by atoms with E-state index in [9.17, 15) is 4.79 Å². The van der Waals surface area contributed by atoms with Gasteiger partial charge in [-0.15, -0.1) is 0 Å². The highest BCUT2D eigenvalue weighted by molar-refractivity contribution is 5.81. The Bertz CT molecular complexity index is 1030. The van der Waals surface area contributed by atoms with E-state index in [1.165, 1.54) is 0 Å². The molecule has 0 atom stereocenters. The van der Waals surface area contributed by atoms with Gasteiger partial charge in [-0.25, -0.2) is 4.98 Å². The Kier molecular flexibility index (Phi) is 4.68. The summed E-state index contributed by atoms with van der Waals surface area (Å²) >= 11 is 0. The van der Waals surface area contributed by atoms with Crippen molar-refractivity contribution in [3.8, 4) is 22.8 Å². The number of anilines is 1. The maximum absolute atomic E-state index is 12.7. The molecule has 2 N–H and O–H groups in total. The standard InChI is InChI=1S/C20H22N4O3/c1-26-17-6-3-13(11-18(17)27-2)19-20(25)23-16-12-14(4-5-15(16)22-19)24-9-7-21-8-10-24/h3-6,11-12,21H,7-10H2,1-2H3,(H,23,25). The molecule has 0 unspecified atom stereocenters. The third-order valence-electron chi connectivity index (χ3n) is 4.81. The third kappa shape index (κ3) is 3.33. The third-order valence-corrected chi connectivity index (χ3v) is 4.81. The Labute approximate surface area is 156 Å². The quantitative estimate of drug-likeness (QED) is 0.735. The van der Waals surface area contributed by atoms with E-state index in [-0.39, 0.29) is 5.56 Å². The SMILES string of the molecule is COc1ccc(-c2nc3ccc(N4CCNCC4)cc3[nH]c2=O)cc1OC. The predicted octanol–water partition coefficient (Wildman–Crippen LogP) is 2.02. The van der Waals surface area contributed by atoms with E-state index >= 15 is 0 Å². The van der Waals surface area contributed by atoms with Crippen molar-refractivity contribution >= 4 is 16.7 Å². The zero-order chi connectivity index (χ0) is 18.8. The van der Waals surface area contributed by atoms with Crippen LogP contribution in [0.1, 0.15) is 0 Å². The molecule has 0 radical (unpaired) electrons. The molecule has 0 amide bonds. The Morgan fingerprint density at radius 1 is 1.00 bits per heavy atom. The molecule has 140 valence electrons. The Morgan fingerprint density at radius 2 is 1.78 bits per heavy atom. The van der Waals surface area contributed by atoms with Crippen molar-refractivity contribution in [1.82, 2.24) is 15.3 Å². The monoisotopic (exact) mass is 366 g/mol. The highest BCUT2D eigenvalue weighted by atomic mass is 16.5. The minimum atomic E-state index is -0.229. The lowest BCUT2D eigenvalue weighted by atomic mass is 10.1. The number of hydrogen-bond acceptors (Lipinski definition) is 6. The first-order chi connectivity index (χ1) is 13.2. The van der Waals surface area contributed by atoms with Crippen LogP contribution in [0.25, 0.3) is 22.3 Å². The summed E-state index contributed by atoms with van der Waals surface area (Å²) in [4.78, 5) is 22.5. The van der Waals surface area contributed by atoms with Crippen LogP contribution in [0.4, 0.5) is 5.69 Å². The van der Waals surface area contributed by atoms with E-state index in [0.717, 1.165) is 42.9 Å². The number of piperazine rings is 1. The Hall–Kier alpha value is -3.06. The van der Waals surface area contributed by atoms with E-state index in [2.05, 4.69) is 26.3 Å². The molecule has 1 fully saturated rings. The highest BCUT2D eigenvalue weighted by Crippen LogP contribution is 2.31. The average Bonchev–Trinajstić information content (AvgIpc) is 2.73. The van der Waals surface area contributed by atoms with Crippen LogP contribution in [-0.2, 0) is 0 Å². The number of benzene rings is 2. The Balaban J connectivity index is 1.75. The lowest BCUT2D eigenvalue weighted by Crippen LogP contribution is -2.43. The minimum absolute atomic E-state index is 0.229. The van der Waals surface area contributed by atoms with Gasteiger partial charge in [0.25, 0.3) is 5.56 Å². The lowest BCUT2D eigenvalue weighted by molar-refractivity contribution is 0.355. The number of fused-ring (bicyclic) bond motifs is 1. The first kappa shape index (κ1) is 17.4. The normalized spacial score (nSPS) is 14.4. The summed E-state index contributed by atoms with van der Waals surface area (Å²) in [5.74, 6) is 1.17. The van der Waals surface area contributed by atoms with E-state index in [4.69, 9.17) is 9.47 Å². The summed E-state index contributed by atoms with van der Waals surface area (Å²) in [5, 5.41) is 3.34. The van der Waals surface area contributed by atoms with Crippen molar-refractivity contribution in [1.29, 1.82) is 0 Å². The van der Waals surface area contributed by atoms with Gasteiger partial charge in [-0.3, -0.25) is 4.79 Å². The second-order valence-electron chi connectivity index (χ2n) is 6.42. The number of methoxy groups -OCH3 is 2. The molecule has 0 saturated carbocycles. The van der Waals surface area contributed by atoms with Gasteiger partial charge >= 0.3 is 0 Å². The fourth-order valence-electron chi connectivity index (χ4n) is 3.37. The van der Waals surface area contributed by atoms with Crippen LogP contribution in [-0.4, -0.2) is 50.4 Å². The van der Waals surface area contributed by atoms with Crippen molar-refractivity contribution in [2.75, 3.05) is 45.3 Å². The van der Waals surface area contributed by atoms with Crippen molar-refractivity contribution in [2.45, 2.75) is 0 Å². The van der Waals surface area contributed by atoms with Gasteiger partial charge in [0.2, 0.25) is 0 Å². The van der Waals surface area contributed by atoms with Gasteiger partial charge in [0.15, 0.2) is 11.5 Å². The molecule has 27 heavy (non-hydrogen) atoms. The van der Waals surface area contributed by atoms with Gasteiger partial charge in [0.05, 0.1) is 25.3 Å². The van der Waals surface area contributed by atoms with E-state index in [0.29, 0.717) is 22.8 Å². The largest absolute Gasteiger partial charge is 0.493 e. The summed E-state index contributed by atoms with van der Waals surface area (Å²) in [7, 11) is 3.14. The van der Waals surface area contributed by atoms with Crippen molar-refractivity contribution in [3.63, 3.8) is 0 Å². The summed E-state index contributed by atoms with van der Waals surface area (Å²) < 4.78 is 10.6. The second kappa shape index (κ2) is 7.28.